The van der Waals surface area contributed by atoms with Gasteiger partial charge < -0.3 is 9.84 Å². The summed E-state index contributed by atoms with van der Waals surface area (Å²) in [6, 6.07) is 0. The van der Waals surface area contributed by atoms with E-state index in [4.69, 9.17) is 4.74 Å². The summed E-state index contributed by atoms with van der Waals surface area (Å²) in [4.78, 5) is 11.0. The fraction of sp³-hybridized carbons (Fsp3) is 0.526. The van der Waals surface area contributed by atoms with E-state index in [0.717, 1.165) is 12.8 Å². The second-order valence-corrected chi connectivity index (χ2v) is 4.88. The molecule has 0 fully saturated rings. The van der Waals surface area contributed by atoms with E-state index in [1.54, 1.807) is 6.08 Å². The summed E-state index contributed by atoms with van der Waals surface area (Å²) < 4.78 is 5.08. The Kier molecular flexibility index (Phi) is 12.7. The number of esters is 1. The van der Waals surface area contributed by atoms with Gasteiger partial charge in [-0.3, -0.25) is 4.79 Å². The lowest BCUT2D eigenvalue weighted by molar-refractivity contribution is -0.142. The first-order chi connectivity index (χ1) is 10.6. The highest BCUT2D eigenvalue weighted by atomic mass is 16.5. The molecule has 0 spiro atoms. The molecule has 3 nitrogen and oxygen atoms in total. The van der Waals surface area contributed by atoms with Gasteiger partial charge in [0.15, 0.2) is 6.10 Å². The van der Waals surface area contributed by atoms with Gasteiger partial charge in [-0.15, -0.1) is 0 Å². The van der Waals surface area contributed by atoms with Gasteiger partial charge in [-0.25, -0.2) is 0 Å². The van der Waals surface area contributed by atoms with Crippen molar-refractivity contribution >= 4 is 5.97 Å². The fourth-order valence-electron chi connectivity index (χ4n) is 1.66. The smallest absolute Gasteiger partial charge is 0.304 e. The molecule has 0 radical (unpaired) electrons. The number of unbranched alkanes of at least 4 members (excludes halogenated alkanes) is 5. The van der Waals surface area contributed by atoms with Crippen LogP contribution in [-0.4, -0.2) is 23.3 Å². The highest BCUT2D eigenvalue weighted by Crippen LogP contribution is 2.06. The van der Waals surface area contributed by atoms with E-state index in [-0.39, 0.29) is 5.97 Å². The average molecular weight is 302 g/mol. The van der Waals surface area contributed by atoms with Crippen LogP contribution in [0.25, 0.3) is 0 Å². The predicted octanol–water partition coefficient (Wildman–Crippen LogP) is 3.39. The Morgan fingerprint density at radius 3 is 2.55 bits per heavy atom. The molecule has 2 atom stereocenters. The van der Waals surface area contributed by atoms with Crippen LogP contribution in [0.5, 0.6) is 0 Å². The molecule has 0 bridgehead atoms. The molecule has 0 unspecified atom stereocenters. The number of carbonyl (C=O) groups is 1. The first-order valence-corrected chi connectivity index (χ1v) is 7.75. The molecule has 0 rings (SSSR count). The topological polar surface area (TPSA) is 46.5 Å². The lowest BCUT2D eigenvalue weighted by Crippen LogP contribution is -2.11. The molecule has 0 aliphatic rings. The number of hydrogen-bond donors (Lipinski definition) is 1. The molecule has 0 heterocycles. The molecule has 0 aromatic heterocycles. The molecule has 0 aromatic carbocycles. The fourth-order valence-corrected chi connectivity index (χ4v) is 1.66. The minimum Gasteiger partial charge on any atom is -0.445 e. The van der Waals surface area contributed by atoms with E-state index >= 15 is 0 Å². The highest BCUT2D eigenvalue weighted by Gasteiger charge is 2.02. The quantitative estimate of drug-likeness (QED) is 0.307. The zero-order valence-electron chi connectivity index (χ0n) is 13.6. The van der Waals surface area contributed by atoms with Gasteiger partial charge in [-0.05, 0) is 36.7 Å². The second kappa shape index (κ2) is 14.0. The molecule has 0 aliphatic heterocycles. The second-order valence-electron chi connectivity index (χ2n) is 4.88. The zero-order valence-corrected chi connectivity index (χ0v) is 13.6. The molecular weight excluding hydrogens is 276 g/mol. The van der Waals surface area contributed by atoms with E-state index < -0.39 is 12.2 Å². The summed E-state index contributed by atoms with van der Waals surface area (Å²) in [6.45, 7) is 6.95. The third-order valence-electron chi connectivity index (χ3n) is 2.80. The number of aliphatic hydroxyl groups excluding tert-OH is 1. The molecule has 0 saturated carbocycles. The summed E-state index contributed by atoms with van der Waals surface area (Å²) in [6.07, 6.45) is 10.7. The van der Waals surface area contributed by atoms with E-state index in [2.05, 4.69) is 37.2 Å². The summed E-state index contributed by atoms with van der Waals surface area (Å²) in [7, 11) is 0. The van der Waals surface area contributed by atoms with Crippen molar-refractivity contribution in [3.8, 4) is 23.7 Å². The Hall–Kier alpha value is -1.97. The Labute approximate surface area is 134 Å². The molecule has 120 valence electrons. The summed E-state index contributed by atoms with van der Waals surface area (Å²) in [5, 5.41) is 9.17. The Bertz CT molecular complexity index is 468. The van der Waals surface area contributed by atoms with Gasteiger partial charge in [0, 0.05) is 6.92 Å². The van der Waals surface area contributed by atoms with E-state index in [1.807, 2.05) is 6.08 Å². The predicted molar refractivity (Wildman–Crippen MR) is 89.8 cm³/mol. The van der Waals surface area contributed by atoms with E-state index in [9.17, 15) is 9.90 Å². The Morgan fingerprint density at radius 2 is 1.91 bits per heavy atom. The van der Waals surface area contributed by atoms with Crippen molar-refractivity contribution in [2.24, 2.45) is 0 Å². The first kappa shape index (κ1) is 20.0. The van der Waals surface area contributed by atoms with Crippen LogP contribution < -0.4 is 0 Å². The van der Waals surface area contributed by atoms with Gasteiger partial charge in [-0.1, -0.05) is 57.3 Å². The third-order valence-corrected chi connectivity index (χ3v) is 2.80. The largest absolute Gasteiger partial charge is 0.445 e. The normalized spacial score (nSPS) is 12.5. The minimum absolute atomic E-state index is 0.383. The summed E-state index contributed by atoms with van der Waals surface area (Å²) >= 11 is 0. The van der Waals surface area contributed by atoms with Crippen molar-refractivity contribution in [3.63, 3.8) is 0 Å². The van der Waals surface area contributed by atoms with Crippen molar-refractivity contribution < 1.29 is 14.6 Å². The standard InChI is InChI=1S/C19H26O3/c1-4-6-7-8-9-10-11-15-19(22-17(3)20)16-13-12-14-18(21)5-2/h5,11,15,18-19,21H,2,4,6-10H2,1,3H3/b15-11-/t18-,19-/m0/s1. The van der Waals surface area contributed by atoms with Crippen LogP contribution in [0, 0.1) is 23.7 Å². The van der Waals surface area contributed by atoms with Gasteiger partial charge in [0.05, 0.1) is 0 Å². The van der Waals surface area contributed by atoms with Gasteiger partial charge in [0.2, 0.25) is 0 Å². The van der Waals surface area contributed by atoms with Crippen molar-refractivity contribution in [1.82, 2.24) is 0 Å². The summed E-state index contributed by atoms with van der Waals surface area (Å²) in [5.74, 6) is 9.93. The van der Waals surface area contributed by atoms with Gasteiger partial charge >= 0.3 is 5.97 Å². The first-order valence-electron chi connectivity index (χ1n) is 7.75. The van der Waals surface area contributed by atoms with Crippen LogP contribution in [-0.2, 0) is 9.53 Å². The van der Waals surface area contributed by atoms with Crippen LogP contribution in [0.3, 0.4) is 0 Å². The van der Waals surface area contributed by atoms with Crippen LogP contribution in [0.15, 0.2) is 24.8 Å². The molecule has 1 N–H and O–H groups in total. The lowest BCUT2D eigenvalue weighted by atomic mass is 10.1. The molecule has 0 saturated heterocycles. The van der Waals surface area contributed by atoms with Crippen LogP contribution in [0.4, 0.5) is 0 Å². The van der Waals surface area contributed by atoms with Gasteiger partial charge in [-0.2, -0.15) is 0 Å². The van der Waals surface area contributed by atoms with Crippen LogP contribution in [0.1, 0.15) is 52.4 Å². The van der Waals surface area contributed by atoms with Crippen molar-refractivity contribution in [2.75, 3.05) is 0 Å². The molecule has 0 aliphatic carbocycles. The maximum absolute atomic E-state index is 11.0. The maximum Gasteiger partial charge on any atom is 0.304 e. The molecule has 0 aromatic rings. The monoisotopic (exact) mass is 302 g/mol. The SMILES string of the molecule is C=C[C@H](O)C#CC#C[C@H](/C=C\CCCCCCC)OC(C)=O. The Balaban J connectivity index is 4.33. The number of aliphatic hydroxyl groups is 1. The number of allylic oxidation sites excluding steroid dienone is 1. The van der Waals surface area contributed by atoms with E-state index in [0.29, 0.717) is 0 Å². The number of ether oxygens (including phenoxy) is 1. The molecule has 3 heteroatoms. The molecule has 0 amide bonds. The summed E-state index contributed by atoms with van der Waals surface area (Å²) in [5.41, 5.74) is 0. The Morgan fingerprint density at radius 1 is 1.23 bits per heavy atom. The molecule has 22 heavy (non-hydrogen) atoms. The maximum atomic E-state index is 11.0. The third kappa shape index (κ3) is 13.0. The van der Waals surface area contributed by atoms with Crippen molar-refractivity contribution in [1.29, 1.82) is 0 Å². The highest BCUT2D eigenvalue weighted by molar-refractivity contribution is 5.66. The lowest BCUT2D eigenvalue weighted by Gasteiger charge is -2.05. The van der Waals surface area contributed by atoms with Crippen LogP contribution in [0.2, 0.25) is 0 Å². The van der Waals surface area contributed by atoms with Crippen molar-refractivity contribution in [3.05, 3.63) is 24.8 Å². The van der Waals surface area contributed by atoms with Crippen LogP contribution >= 0.6 is 0 Å². The number of hydrogen-bond acceptors (Lipinski definition) is 3. The minimum atomic E-state index is -0.889. The van der Waals surface area contributed by atoms with Crippen molar-refractivity contribution in [2.45, 2.75) is 64.6 Å². The number of rotatable bonds is 9. The van der Waals surface area contributed by atoms with Gasteiger partial charge in [0.1, 0.15) is 6.10 Å². The average Bonchev–Trinajstić information content (AvgIpc) is 2.49. The number of carbonyl (C=O) groups excluding carboxylic acids is 1. The molecular formula is C19H26O3. The zero-order chi connectivity index (χ0) is 16.6. The van der Waals surface area contributed by atoms with Gasteiger partial charge in [0.25, 0.3) is 0 Å². The van der Waals surface area contributed by atoms with E-state index in [1.165, 1.54) is 38.7 Å².